The molecule has 0 bridgehead atoms. The molecule has 0 aliphatic heterocycles. The van der Waals surface area contributed by atoms with Crippen LogP contribution in [0.5, 0.6) is 0 Å². The Balaban J connectivity index is 2.51. The molecular formula is C10H10N2O3S. The summed E-state index contributed by atoms with van der Waals surface area (Å²) in [4.78, 5) is 19.8. The van der Waals surface area contributed by atoms with Gasteiger partial charge in [0, 0.05) is 0 Å². The van der Waals surface area contributed by atoms with Crippen LogP contribution in [0.15, 0.2) is 16.1 Å². The van der Waals surface area contributed by atoms with Crippen molar-refractivity contribution in [2.24, 2.45) is 0 Å². The molecular weight excluding hydrogens is 228 g/mol. The van der Waals surface area contributed by atoms with Gasteiger partial charge in [-0.3, -0.25) is 4.98 Å². The number of aromatic carboxylic acids is 1. The van der Waals surface area contributed by atoms with E-state index in [0.717, 1.165) is 4.88 Å². The maximum absolute atomic E-state index is 11.0. The normalized spacial score (nSPS) is 10.9. The highest BCUT2D eigenvalue weighted by molar-refractivity contribution is 7.13. The Hall–Kier alpha value is -1.69. The van der Waals surface area contributed by atoms with Crippen LogP contribution < -0.4 is 0 Å². The highest BCUT2D eigenvalue weighted by Gasteiger charge is 2.22. The number of rotatable bonds is 3. The molecule has 5 nitrogen and oxygen atoms in total. The molecule has 2 heterocycles. The zero-order valence-corrected chi connectivity index (χ0v) is 9.61. The van der Waals surface area contributed by atoms with Crippen molar-refractivity contribution in [1.82, 2.24) is 9.97 Å². The lowest BCUT2D eigenvalue weighted by Gasteiger charge is -1.98. The molecule has 0 spiro atoms. The van der Waals surface area contributed by atoms with Crippen LogP contribution in [-0.4, -0.2) is 21.0 Å². The summed E-state index contributed by atoms with van der Waals surface area (Å²) in [7, 11) is 0. The maximum Gasteiger partial charge on any atom is 0.373 e. The lowest BCUT2D eigenvalue weighted by molar-refractivity contribution is 0.0661. The first-order chi connectivity index (χ1) is 7.59. The van der Waals surface area contributed by atoms with Crippen molar-refractivity contribution in [3.05, 3.63) is 23.2 Å². The van der Waals surface area contributed by atoms with E-state index in [1.54, 1.807) is 11.7 Å². The molecule has 2 aromatic rings. The van der Waals surface area contributed by atoms with Crippen molar-refractivity contribution in [3.63, 3.8) is 0 Å². The Morgan fingerprint density at radius 2 is 2.31 bits per heavy atom. The smallest absolute Gasteiger partial charge is 0.373 e. The van der Waals surface area contributed by atoms with Crippen molar-refractivity contribution >= 4 is 17.3 Å². The van der Waals surface area contributed by atoms with Gasteiger partial charge in [0.05, 0.1) is 17.4 Å². The number of carboxylic acid groups (broad SMARTS) is 1. The first-order valence-electron chi connectivity index (χ1n) is 4.72. The van der Waals surface area contributed by atoms with Crippen LogP contribution in [0.2, 0.25) is 0 Å². The quantitative estimate of drug-likeness (QED) is 0.889. The summed E-state index contributed by atoms with van der Waals surface area (Å²) < 4.78 is 5.24. The summed E-state index contributed by atoms with van der Waals surface area (Å²) in [5.74, 6) is -0.842. The summed E-state index contributed by atoms with van der Waals surface area (Å²) in [6, 6.07) is 0. The number of aromatic nitrogens is 2. The van der Waals surface area contributed by atoms with Crippen LogP contribution in [0.1, 0.15) is 36.0 Å². The highest BCUT2D eigenvalue weighted by Crippen LogP contribution is 2.28. The molecule has 0 aliphatic rings. The second kappa shape index (κ2) is 4.05. The number of carboxylic acids is 1. The van der Waals surface area contributed by atoms with Crippen molar-refractivity contribution in [1.29, 1.82) is 0 Å². The molecule has 6 heteroatoms. The molecule has 0 saturated heterocycles. The van der Waals surface area contributed by atoms with Gasteiger partial charge in [-0.25, -0.2) is 9.78 Å². The van der Waals surface area contributed by atoms with Gasteiger partial charge in [0.15, 0.2) is 0 Å². The van der Waals surface area contributed by atoms with Gasteiger partial charge < -0.3 is 9.52 Å². The molecule has 0 saturated carbocycles. The lowest BCUT2D eigenvalue weighted by atomic mass is 10.1. The van der Waals surface area contributed by atoms with Gasteiger partial charge in [-0.15, -0.1) is 11.3 Å². The number of hydrogen-bond acceptors (Lipinski definition) is 5. The van der Waals surface area contributed by atoms with Crippen molar-refractivity contribution in [3.8, 4) is 10.8 Å². The van der Waals surface area contributed by atoms with Gasteiger partial charge in [0.1, 0.15) is 4.88 Å². The minimum atomic E-state index is -1.09. The average molecular weight is 238 g/mol. The Labute approximate surface area is 95.8 Å². The van der Waals surface area contributed by atoms with E-state index in [2.05, 4.69) is 9.97 Å². The SMILES string of the molecule is CC(C)c1nc(-c2cncs2)oc1C(=O)O. The molecule has 0 aliphatic carbocycles. The summed E-state index contributed by atoms with van der Waals surface area (Å²) in [6.45, 7) is 3.75. The van der Waals surface area contributed by atoms with Crippen molar-refractivity contribution in [2.45, 2.75) is 19.8 Å². The molecule has 0 unspecified atom stereocenters. The molecule has 2 aromatic heterocycles. The Kier molecular flexibility index (Phi) is 2.74. The molecule has 0 radical (unpaired) electrons. The van der Waals surface area contributed by atoms with Gasteiger partial charge in [-0.05, 0) is 5.92 Å². The van der Waals surface area contributed by atoms with E-state index < -0.39 is 5.97 Å². The van der Waals surface area contributed by atoms with Crippen molar-refractivity contribution in [2.75, 3.05) is 0 Å². The second-order valence-electron chi connectivity index (χ2n) is 3.56. The maximum atomic E-state index is 11.0. The summed E-state index contributed by atoms with van der Waals surface area (Å²) in [6.07, 6.45) is 1.60. The molecule has 84 valence electrons. The van der Waals surface area contributed by atoms with Gasteiger partial charge in [-0.2, -0.15) is 0 Å². The van der Waals surface area contributed by atoms with E-state index in [1.165, 1.54) is 11.3 Å². The largest absolute Gasteiger partial charge is 0.475 e. The predicted octanol–water partition coefficient (Wildman–Crippen LogP) is 2.62. The van der Waals surface area contributed by atoms with Crippen LogP contribution in [0.3, 0.4) is 0 Å². The summed E-state index contributed by atoms with van der Waals surface area (Å²) in [5, 5.41) is 8.98. The molecule has 0 fully saturated rings. The van der Waals surface area contributed by atoms with E-state index >= 15 is 0 Å². The molecule has 1 N–H and O–H groups in total. The van der Waals surface area contributed by atoms with E-state index in [4.69, 9.17) is 9.52 Å². The fourth-order valence-corrected chi connectivity index (χ4v) is 1.85. The van der Waals surface area contributed by atoms with Gasteiger partial charge in [0.2, 0.25) is 11.7 Å². The molecule has 2 rings (SSSR count). The summed E-state index contributed by atoms with van der Waals surface area (Å²) in [5.41, 5.74) is 2.12. The van der Waals surface area contributed by atoms with Crippen LogP contribution in [0, 0.1) is 0 Å². The van der Waals surface area contributed by atoms with Crippen LogP contribution in [-0.2, 0) is 0 Å². The number of carbonyl (C=O) groups is 1. The third-order valence-electron chi connectivity index (χ3n) is 2.04. The van der Waals surface area contributed by atoms with Gasteiger partial charge >= 0.3 is 5.97 Å². The monoisotopic (exact) mass is 238 g/mol. The van der Waals surface area contributed by atoms with E-state index in [-0.39, 0.29) is 11.7 Å². The Morgan fingerprint density at radius 3 is 2.75 bits per heavy atom. The van der Waals surface area contributed by atoms with Gasteiger partial charge in [-0.1, -0.05) is 13.8 Å². The fourth-order valence-electron chi connectivity index (χ4n) is 1.30. The third-order valence-corrected chi connectivity index (χ3v) is 2.80. The Bertz CT molecular complexity index is 502. The average Bonchev–Trinajstić information content (AvgIpc) is 2.86. The van der Waals surface area contributed by atoms with Crippen LogP contribution >= 0.6 is 11.3 Å². The topological polar surface area (TPSA) is 76.2 Å². The first kappa shape index (κ1) is 10.8. The number of nitrogens with zero attached hydrogens (tertiary/aromatic N) is 2. The third kappa shape index (κ3) is 1.83. The van der Waals surface area contributed by atoms with Crippen molar-refractivity contribution < 1.29 is 14.3 Å². The molecule has 0 amide bonds. The number of oxazole rings is 1. The predicted molar refractivity (Wildman–Crippen MR) is 58.7 cm³/mol. The van der Waals surface area contributed by atoms with Gasteiger partial charge in [0.25, 0.3) is 0 Å². The van der Waals surface area contributed by atoms with Crippen LogP contribution in [0.4, 0.5) is 0 Å². The minimum Gasteiger partial charge on any atom is -0.475 e. The fraction of sp³-hybridized carbons (Fsp3) is 0.300. The molecule has 0 aromatic carbocycles. The molecule has 16 heavy (non-hydrogen) atoms. The number of thiazole rings is 1. The zero-order valence-electron chi connectivity index (χ0n) is 8.80. The highest BCUT2D eigenvalue weighted by atomic mass is 32.1. The lowest BCUT2D eigenvalue weighted by Crippen LogP contribution is -2.01. The summed E-state index contributed by atoms with van der Waals surface area (Å²) >= 11 is 1.36. The first-order valence-corrected chi connectivity index (χ1v) is 5.60. The van der Waals surface area contributed by atoms with E-state index in [1.807, 2.05) is 13.8 Å². The Morgan fingerprint density at radius 1 is 1.56 bits per heavy atom. The minimum absolute atomic E-state index is 0.0107. The second-order valence-corrected chi connectivity index (χ2v) is 4.45. The number of hydrogen-bond donors (Lipinski definition) is 1. The molecule has 0 atom stereocenters. The zero-order chi connectivity index (χ0) is 11.7. The van der Waals surface area contributed by atoms with E-state index in [0.29, 0.717) is 11.6 Å². The van der Waals surface area contributed by atoms with E-state index in [9.17, 15) is 4.79 Å². The standard InChI is InChI=1S/C10H10N2O3S/c1-5(2)7-8(10(13)14)15-9(12-7)6-3-11-4-16-6/h3-5H,1-2H3,(H,13,14). The van der Waals surface area contributed by atoms with Crippen LogP contribution in [0.25, 0.3) is 10.8 Å².